The van der Waals surface area contributed by atoms with Crippen LogP contribution in [0.2, 0.25) is 0 Å². The summed E-state index contributed by atoms with van der Waals surface area (Å²) in [6, 6.07) is 2.67. The van der Waals surface area contributed by atoms with Crippen LogP contribution >= 0.6 is 0 Å². The van der Waals surface area contributed by atoms with E-state index in [0.717, 1.165) is 12.8 Å². The molecule has 0 aromatic carbocycles. The zero-order valence-corrected chi connectivity index (χ0v) is 10.5. The maximum Gasteiger partial charge on any atom is 0.371 e. The second-order valence-corrected chi connectivity index (χ2v) is 5.17. The molecule has 0 radical (unpaired) electrons. The summed E-state index contributed by atoms with van der Waals surface area (Å²) in [5, 5.41) is 11.5. The lowest BCUT2D eigenvalue weighted by Gasteiger charge is -2.19. The Morgan fingerprint density at radius 3 is 2.44 bits per heavy atom. The molecule has 1 aromatic heterocycles. The summed E-state index contributed by atoms with van der Waals surface area (Å²) in [7, 11) is 0. The molecule has 0 bridgehead atoms. The van der Waals surface area contributed by atoms with Gasteiger partial charge in [-0.05, 0) is 36.3 Å². The number of rotatable bonds is 5. The molecule has 0 aliphatic heterocycles. The van der Waals surface area contributed by atoms with Crippen molar-refractivity contribution in [2.24, 2.45) is 11.3 Å². The summed E-state index contributed by atoms with van der Waals surface area (Å²) < 4.78 is 4.94. The Morgan fingerprint density at radius 2 is 2.00 bits per heavy atom. The molecule has 1 aliphatic rings. The van der Waals surface area contributed by atoms with Gasteiger partial charge in [0.2, 0.25) is 5.76 Å². The first-order chi connectivity index (χ1) is 8.44. The molecule has 1 amide bonds. The Hall–Kier alpha value is -1.78. The van der Waals surface area contributed by atoms with Gasteiger partial charge in [0.15, 0.2) is 5.76 Å². The fourth-order valence-corrected chi connectivity index (χ4v) is 2.04. The Morgan fingerprint density at radius 1 is 1.39 bits per heavy atom. The highest BCUT2D eigenvalue weighted by molar-refractivity contribution is 5.93. The minimum atomic E-state index is -1.17. The predicted octanol–water partition coefficient (Wildman–Crippen LogP) is 2.14. The van der Waals surface area contributed by atoms with Crippen molar-refractivity contribution < 1.29 is 19.1 Å². The van der Waals surface area contributed by atoms with Crippen molar-refractivity contribution in [2.75, 3.05) is 6.54 Å². The van der Waals surface area contributed by atoms with E-state index in [1.165, 1.54) is 12.1 Å². The number of furan rings is 1. The third kappa shape index (κ3) is 2.39. The lowest BCUT2D eigenvalue weighted by Crippen LogP contribution is -2.32. The van der Waals surface area contributed by atoms with Crippen LogP contribution in [0.4, 0.5) is 0 Å². The SMILES string of the molecule is CC(C)C1(CNC(=O)c2ccc(C(=O)O)o2)CC1. The van der Waals surface area contributed by atoms with Crippen LogP contribution < -0.4 is 5.32 Å². The monoisotopic (exact) mass is 251 g/mol. The normalized spacial score (nSPS) is 16.6. The molecule has 1 aromatic rings. The summed E-state index contributed by atoms with van der Waals surface area (Å²) >= 11 is 0. The highest BCUT2D eigenvalue weighted by Crippen LogP contribution is 2.51. The molecule has 0 saturated heterocycles. The summed E-state index contributed by atoms with van der Waals surface area (Å²) in [4.78, 5) is 22.4. The molecule has 1 fully saturated rings. The minimum Gasteiger partial charge on any atom is -0.475 e. The van der Waals surface area contributed by atoms with Gasteiger partial charge in [0.05, 0.1) is 0 Å². The molecule has 1 saturated carbocycles. The van der Waals surface area contributed by atoms with Crippen LogP contribution in [-0.2, 0) is 0 Å². The second kappa shape index (κ2) is 4.48. The van der Waals surface area contributed by atoms with Gasteiger partial charge < -0.3 is 14.8 Å². The predicted molar refractivity (Wildman–Crippen MR) is 64.5 cm³/mol. The fraction of sp³-hybridized carbons (Fsp3) is 0.538. The highest BCUT2D eigenvalue weighted by Gasteiger charge is 2.45. The Labute approximate surface area is 105 Å². The Bertz CT molecular complexity index is 471. The molecule has 98 valence electrons. The number of carboxylic acid groups (broad SMARTS) is 1. The Kier molecular flexibility index (Phi) is 3.15. The van der Waals surface area contributed by atoms with E-state index >= 15 is 0 Å². The van der Waals surface area contributed by atoms with E-state index in [1.54, 1.807) is 0 Å². The smallest absolute Gasteiger partial charge is 0.371 e. The van der Waals surface area contributed by atoms with Gasteiger partial charge in [-0.2, -0.15) is 0 Å². The largest absolute Gasteiger partial charge is 0.475 e. The molecule has 2 N–H and O–H groups in total. The van der Waals surface area contributed by atoms with Crippen molar-refractivity contribution in [2.45, 2.75) is 26.7 Å². The number of carbonyl (C=O) groups excluding carboxylic acids is 1. The number of carbonyl (C=O) groups is 2. The zero-order valence-electron chi connectivity index (χ0n) is 10.5. The number of hydrogen-bond donors (Lipinski definition) is 2. The van der Waals surface area contributed by atoms with Gasteiger partial charge >= 0.3 is 5.97 Å². The van der Waals surface area contributed by atoms with E-state index in [0.29, 0.717) is 12.5 Å². The molecular formula is C13H17NO4. The van der Waals surface area contributed by atoms with E-state index in [-0.39, 0.29) is 22.8 Å². The maximum atomic E-state index is 11.8. The van der Waals surface area contributed by atoms with Crippen molar-refractivity contribution in [1.29, 1.82) is 0 Å². The molecule has 1 aliphatic carbocycles. The van der Waals surface area contributed by atoms with Crippen LogP contribution in [0.1, 0.15) is 47.8 Å². The standard InChI is InChI=1S/C13H17NO4/c1-8(2)13(5-6-13)7-14-11(15)9-3-4-10(18-9)12(16)17/h3-4,8H,5-7H2,1-2H3,(H,14,15)(H,16,17). The molecule has 2 rings (SSSR count). The number of hydrogen-bond acceptors (Lipinski definition) is 3. The van der Waals surface area contributed by atoms with Crippen molar-refractivity contribution in [3.63, 3.8) is 0 Å². The summed E-state index contributed by atoms with van der Waals surface area (Å²) in [6.45, 7) is 4.91. The summed E-state index contributed by atoms with van der Waals surface area (Å²) in [5.41, 5.74) is 0.220. The molecular weight excluding hydrogens is 234 g/mol. The van der Waals surface area contributed by atoms with Crippen LogP contribution in [0.15, 0.2) is 16.5 Å². The van der Waals surface area contributed by atoms with Gasteiger partial charge in [0.1, 0.15) is 0 Å². The summed E-state index contributed by atoms with van der Waals surface area (Å²) in [5.74, 6) is -1.16. The molecule has 0 spiro atoms. The van der Waals surface area contributed by atoms with Crippen molar-refractivity contribution in [1.82, 2.24) is 5.32 Å². The van der Waals surface area contributed by atoms with Crippen molar-refractivity contribution >= 4 is 11.9 Å². The Balaban J connectivity index is 1.94. The molecule has 5 nitrogen and oxygen atoms in total. The number of amides is 1. The molecule has 5 heteroatoms. The molecule has 0 atom stereocenters. The van der Waals surface area contributed by atoms with Crippen LogP contribution in [-0.4, -0.2) is 23.5 Å². The van der Waals surface area contributed by atoms with Gasteiger partial charge in [0.25, 0.3) is 5.91 Å². The molecule has 18 heavy (non-hydrogen) atoms. The van der Waals surface area contributed by atoms with Crippen LogP contribution in [0, 0.1) is 11.3 Å². The van der Waals surface area contributed by atoms with Gasteiger partial charge in [-0.25, -0.2) is 4.79 Å². The number of carboxylic acids is 1. The quantitative estimate of drug-likeness (QED) is 0.840. The van der Waals surface area contributed by atoms with Gasteiger partial charge in [-0.3, -0.25) is 4.79 Å². The van der Waals surface area contributed by atoms with E-state index in [4.69, 9.17) is 9.52 Å². The van der Waals surface area contributed by atoms with Crippen molar-refractivity contribution in [3.05, 3.63) is 23.7 Å². The van der Waals surface area contributed by atoms with Gasteiger partial charge in [-0.1, -0.05) is 13.8 Å². The van der Waals surface area contributed by atoms with E-state index in [2.05, 4.69) is 19.2 Å². The molecule has 0 unspecified atom stereocenters. The minimum absolute atomic E-state index is 0.0481. The fourth-order valence-electron chi connectivity index (χ4n) is 2.04. The van der Waals surface area contributed by atoms with Gasteiger partial charge in [0, 0.05) is 6.54 Å². The topological polar surface area (TPSA) is 79.5 Å². The van der Waals surface area contributed by atoms with E-state index in [1.807, 2.05) is 0 Å². The lowest BCUT2D eigenvalue weighted by molar-refractivity contribution is 0.0659. The van der Waals surface area contributed by atoms with E-state index in [9.17, 15) is 9.59 Å². The zero-order chi connectivity index (χ0) is 13.3. The second-order valence-electron chi connectivity index (χ2n) is 5.17. The number of nitrogens with one attached hydrogen (secondary N) is 1. The van der Waals surface area contributed by atoms with E-state index < -0.39 is 5.97 Å². The first-order valence-electron chi connectivity index (χ1n) is 6.06. The van der Waals surface area contributed by atoms with Crippen LogP contribution in [0.3, 0.4) is 0 Å². The third-order valence-corrected chi connectivity index (χ3v) is 3.76. The first kappa shape index (κ1) is 12.7. The molecule has 1 heterocycles. The highest BCUT2D eigenvalue weighted by atomic mass is 16.4. The van der Waals surface area contributed by atoms with Crippen LogP contribution in [0.25, 0.3) is 0 Å². The van der Waals surface area contributed by atoms with Gasteiger partial charge in [-0.15, -0.1) is 0 Å². The first-order valence-corrected chi connectivity index (χ1v) is 6.06. The average Bonchev–Trinajstić information content (AvgIpc) is 2.94. The third-order valence-electron chi connectivity index (χ3n) is 3.76. The summed E-state index contributed by atoms with van der Waals surface area (Å²) in [6.07, 6.45) is 2.26. The maximum absolute atomic E-state index is 11.8. The van der Waals surface area contributed by atoms with Crippen LogP contribution in [0.5, 0.6) is 0 Å². The number of aromatic carboxylic acids is 1. The van der Waals surface area contributed by atoms with Crippen molar-refractivity contribution in [3.8, 4) is 0 Å². The average molecular weight is 251 g/mol. The lowest BCUT2D eigenvalue weighted by atomic mass is 9.92.